The van der Waals surface area contributed by atoms with Crippen LogP contribution in [0.3, 0.4) is 0 Å². The van der Waals surface area contributed by atoms with Crippen molar-refractivity contribution in [2.45, 2.75) is 52.4 Å². The minimum Gasteiger partial charge on any atom is -0.493 e. The average molecular weight is 511 g/mol. The lowest BCUT2D eigenvalue weighted by Crippen LogP contribution is -2.34. The van der Waals surface area contributed by atoms with Gasteiger partial charge in [0, 0.05) is 19.6 Å². The summed E-state index contributed by atoms with van der Waals surface area (Å²) in [6.07, 6.45) is 6.73. The number of hydrogen-bond donors (Lipinski definition) is 0. The molecule has 0 N–H and O–H groups in total. The predicted octanol–water partition coefficient (Wildman–Crippen LogP) is 8.33. The fourth-order valence-corrected chi connectivity index (χ4v) is 5.85. The minimum absolute atomic E-state index is 0.669. The normalized spacial score (nSPS) is 15.4. The van der Waals surface area contributed by atoms with E-state index in [1.54, 1.807) is 0 Å². The van der Waals surface area contributed by atoms with Crippen LogP contribution < -0.4 is 4.74 Å². The Morgan fingerprint density at radius 2 is 1.74 bits per heavy atom. The predicted molar refractivity (Wildman–Crippen MR) is 160 cm³/mol. The number of piperidine rings is 1. The molecule has 0 unspecified atom stereocenters. The second-order valence-electron chi connectivity index (χ2n) is 10.4. The first-order valence-corrected chi connectivity index (χ1v) is 14.5. The van der Waals surface area contributed by atoms with Gasteiger partial charge in [0.25, 0.3) is 0 Å². The Labute approximate surface area is 227 Å². The number of hydrogen-bond acceptors (Lipinski definition) is 4. The summed E-state index contributed by atoms with van der Waals surface area (Å²) >= 11 is 0. The van der Waals surface area contributed by atoms with Crippen LogP contribution in [0, 0.1) is 0 Å². The van der Waals surface area contributed by atoms with Crippen LogP contribution in [-0.2, 0) is 0 Å². The summed E-state index contributed by atoms with van der Waals surface area (Å²) in [5, 5.41) is 3.75. The highest BCUT2D eigenvalue weighted by Crippen LogP contribution is 2.33. The van der Waals surface area contributed by atoms with E-state index in [2.05, 4.69) is 91.2 Å². The van der Waals surface area contributed by atoms with Gasteiger partial charge in [-0.2, -0.15) is 0 Å². The summed E-state index contributed by atoms with van der Waals surface area (Å²) < 4.78 is 12.6. The molecule has 1 aromatic heterocycles. The molecule has 1 aliphatic heterocycles. The molecule has 5 rings (SSSR count). The van der Waals surface area contributed by atoms with Crippen molar-refractivity contribution in [3.05, 3.63) is 84.1 Å². The first-order chi connectivity index (χ1) is 18.7. The minimum atomic E-state index is 0.669. The zero-order valence-electron chi connectivity index (χ0n) is 23.3. The Balaban J connectivity index is 1.14. The summed E-state index contributed by atoms with van der Waals surface area (Å²) in [6, 6.07) is 24.0. The van der Waals surface area contributed by atoms with Crippen LogP contribution in [0.25, 0.3) is 27.4 Å². The lowest BCUT2D eigenvalue weighted by atomic mass is 9.88. The van der Waals surface area contributed by atoms with Gasteiger partial charge in [-0.25, -0.2) is 0 Å². The molecular weight excluding hydrogens is 468 g/mol. The van der Waals surface area contributed by atoms with Crippen molar-refractivity contribution in [1.82, 2.24) is 9.80 Å². The first-order valence-electron chi connectivity index (χ1n) is 14.5. The van der Waals surface area contributed by atoms with E-state index in [9.17, 15) is 0 Å². The van der Waals surface area contributed by atoms with Gasteiger partial charge in [0.2, 0.25) is 0 Å². The molecule has 1 saturated heterocycles. The van der Waals surface area contributed by atoms with Gasteiger partial charge in [-0.05, 0) is 93.1 Å². The van der Waals surface area contributed by atoms with Crippen LogP contribution in [-0.4, -0.2) is 49.1 Å². The molecule has 4 heteroatoms. The highest BCUT2D eigenvalue weighted by molar-refractivity contribution is 5.87. The van der Waals surface area contributed by atoms with Gasteiger partial charge < -0.3 is 19.0 Å². The summed E-state index contributed by atoms with van der Waals surface area (Å²) in [4.78, 5) is 4.95. The van der Waals surface area contributed by atoms with Crippen LogP contribution in [0.15, 0.2) is 77.2 Å². The van der Waals surface area contributed by atoms with Gasteiger partial charge in [0.15, 0.2) is 5.76 Å². The fraction of sp³-hybridized carbons (Fsp3) is 0.412. The van der Waals surface area contributed by atoms with E-state index in [1.807, 2.05) is 12.1 Å². The number of benzene rings is 3. The number of rotatable bonds is 11. The monoisotopic (exact) mass is 510 g/mol. The maximum Gasteiger partial charge on any atom is 0.151 e. The molecule has 4 aromatic rings. The molecule has 0 radical (unpaired) electrons. The number of furan rings is 1. The SMILES string of the molecule is CC/C=C(\c1cc2c(OCCCN3CCC(c4ccc5ccccc5c4)CC3)cccc2o1)N(CC)CC. The highest BCUT2D eigenvalue weighted by Gasteiger charge is 2.21. The maximum atomic E-state index is 6.29. The number of allylic oxidation sites excluding steroid dienone is 1. The van der Waals surface area contributed by atoms with E-state index in [-0.39, 0.29) is 0 Å². The Kier molecular flexibility index (Phi) is 8.70. The second kappa shape index (κ2) is 12.5. The third-order valence-corrected chi connectivity index (χ3v) is 7.98. The standard InChI is InChI=1S/C34H42N2O2/c1-4-11-31(36(5-2)6-3)34-25-30-32(14-9-15-33(30)38-34)37-23-10-20-35-21-18-27(19-22-35)29-17-16-26-12-7-8-13-28(26)24-29/h7-9,11-17,24-25,27H,4-6,10,18-23H2,1-3H3/b31-11+. The van der Waals surface area contributed by atoms with E-state index < -0.39 is 0 Å². The third-order valence-electron chi connectivity index (χ3n) is 7.98. The second-order valence-corrected chi connectivity index (χ2v) is 10.4. The van der Waals surface area contributed by atoms with Crippen molar-refractivity contribution in [1.29, 1.82) is 0 Å². The number of likely N-dealkylation sites (tertiary alicyclic amines) is 1. The molecule has 1 fully saturated rings. The van der Waals surface area contributed by atoms with E-state index in [1.165, 1.54) is 34.9 Å². The van der Waals surface area contributed by atoms with Crippen molar-refractivity contribution < 1.29 is 9.15 Å². The van der Waals surface area contributed by atoms with Gasteiger partial charge in [-0.15, -0.1) is 0 Å². The molecule has 0 aliphatic carbocycles. The quantitative estimate of drug-likeness (QED) is 0.190. The van der Waals surface area contributed by atoms with Crippen LogP contribution in [0.1, 0.15) is 63.7 Å². The molecule has 4 nitrogen and oxygen atoms in total. The van der Waals surface area contributed by atoms with E-state index in [0.29, 0.717) is 5.92 Å². The topological polar surface area (TPSA) is 28.9 Å². The Hall–Kier alpha value is -3.24. The Morgan fingerprint density at radius 3 is 2.50 bits per heavy atom. The van der Waals surface area contributed by atoms with Crippen molar-refractivity contribution in [3.63, 3.8) is 0 Å². The number of ether oxygens (including phenoxy) is 1. The molecule has 0 saturated carbocycles. The molecule has 200 valence electrons. The lowest BCUT2D eigenvalue weighted by Gasteiger charge is -2.32. The van der Waals surface area contributed by atoms with Crippen LogP contribution >= 0.6 is 0 Å². The molecule has 0 bridgehead atoms. The van der Waals surface area contributed by atoms with Crippen LogP contribution in [0.5, 0.6) is 5.75 Å². The fourth-order valence-electron chi connectivity index (χ4n) is 5.85. The number of nitrogens with zero attached hydrogens (tertiary/aromatic N) is 2. The first kappa shape index (κ1) is 26.4. The van der Waals surface area contributed by atoms with E-state index in [4.69, 9.17) is 9.15 Å². The van der Waals surface area contributed by atoms with Crippen molar-refractivity contribution >= 4 is 27.4 Å². The summed E-state index contributed by atoms with van der Waals surface area (Å²) in [5.74, 6) is 2.52. The Morgan fingerprint density at radius 1 is 0.947 bits per heavy atom. The smallest absolute Gasteiger partial charge is 0.151 e. The number of fused-ring (bicyclic) bond motifs is 2. The largest absolute Gasteiger partial charge is 0.493 e. The summed E-state index contributed by atoms with van der Waals surface area (Å²) in [5.41, 5.74) is 3.56. The molecule has 1 aliphatic rings. The van der Waals surface area contributed by atoms with Gasteiger partial charge in [0.05, 0.1) is 17.7 Å². The van der Waals surface area contributed by atoms with E-state index in [0.717, 1.165) is 74.7 Å². The van der Waals surface area contributed by atoms with Gasteiger partial charge in [-0.1, -0.05) is 61.5 Å². The molecule has 3 aromatic carbocycles. The maximum absolute atomic E-state index is 6.29. The third kappa shape index (κ3) is 5.91. The summed E-state index contributed by atoms with van der Waals surface area (Å²) in [6.45, 7) is 12.6. The van der Waals surface area contributed by atoms with Crippen LogP contribution in [0.2, 0.25) is 0 Å². The van der Waals surface area contributed by atoms with Crippen molar-refractivity contribution in [2.75, 3.05) is 39.3 Å². The zero-order valence-corrected chi connectivity index (χ0v) is 23.3. The highest BCUT2D eigenvalue weighted by atomic mass is 16.5. The lowest BCUT2D eigenvalue weighted by molar-refractivity contribution is 0.193. The molecular formula is C34H42N2O2. The summed E-state index contributed by atoms with van der Waals surface area (Å²) in [7, 11) is 0. The molecule has 0 atom stereocenters. The average Bonchev–Trinajstić information content (AvgIpc) is 3.40. The molecule has 0 spiro atoms. The van der Waals surface area contributed by atoms with Crippen LogP contribution in [0.4, 0.5) is 0 Å². The van der Waals surface area contributed by atoms with E-state index >= 15 is 0 Å². The van der Waals surface area contributed by atoms with Crippen molar-refractivity contribution in [3.8, 4) is 5.75 Å². The molecule has 38 heavy (non-hydrogen) atoms. The molecule has 2 heterocycles. The van der Waals surface area contributed by atoms with Gasteiger partial charge in [0.1, 0.15) is 11.3 Å². The van der Waals surface area contributed by atoms with Gasteiger partial charge >= 0.3 is 0 Å². The Bertz CT molecular complexity index is 1360. The molecule has 0 amide bonds. The van der Waals surface area contributed by atoms with Gasteiger partial charge in [-0.3, -0.25) is 0 Å². The zero-order chi connectivity index (χ0) is 26.3. The van der Waals surface area contributed by atoms with Crippen molar-refractivity contribution in [2.24, 2.45) is 0 Å².